The van der Waals surface area contributed by atoms with E-state index in [1.54, 1.807) is 0 Å². The topological polar surface area (TPSA) is 23.6 Å². The van der Waals surface area contributed by atoms with E-state index in [9.17, 15) is 4.79 Å². The van der Waals surface area contributed by atoms with Gasteiger partial charge in [-0.3, -0.25) is 9.69 Å². The van der Waals surface area contributed by atoms with Gasteiger partial charge in [0.1, 0.15) is 0 Å². The molecule has 1 aromatic carbocycles. The molecule has 1 fully saturated rings. The fourth-order valence-electron chi connectivity index (χ4n) is 2.28. The maximum absolute atomic E-state index is 11.9. The van der Waals surface area contributed by atoms with Crippen LogP contribution in [0, 0.1) is 12.0 Å². The summed E-state index contributed by atoms with van der Waals surface area (Å²) in [5.74, 6) is 0.394. The zero-order valence-corrected chi connectivity index (χ0v) is 11.2. The van der Waals surface area contributed by atoms with E-state index in [-0.39, 0.29) is 11.8 Å². The molecular weight excluding hydrogens is 224 g/mol. The summed E-state index contributed by atoms with van der Waals surface area (Å²) < 4.78 is 0. The van der Waals surface area contributed by atoms with Crippen LogP contribution in [-0.4, -0.2) is 41.9 Å². The zero-order valence-electron chi connectivity index (χ0n) is 11.2. The highest BCUT2D eigenvalue weighted by Crippen LogP contribution is 2.10. The van der Waals surface area contributed by atoms with Crippen molar-refractivity contribution in [2.45, 2.75) is 20.4 Å². The van der Waals surface area contributed by atoms with Gasteiger partial charge in [-0.25, -0.2) is 0 Å². The Morgan fingerprint density at radius 2 is 1.83 bits per heavy atom. The van der Waals surface area contributed by atoms with Crippen LogP contribution in [0.4, 0.5) is 0 Å². The third-order valence-corrected chi connectivity index (χ3v) is 3.37. The first kappa shape index (κ1) is 13.1. The molecule has 0 unspecified atom stereocenters. The molecule has 0 aromatic heterocycles. The summed E-state index contributed by atoms with van der Waals surface area (Å²) >= 11 is 0. The summed E-state index contributed by atoms with van der Waals surface area (Å²) in [6.45, 7) is 8.56. The van der Waals surface area contributed by atoms with Gasteiger partial charge in [0.2, 0.25) is 5.91 Å². The summed E-state index contributed by atoms with van der Waals surface area (Å²) in [5.41, 5.74) is 1.32. The fourth-order valence-corrected chi connectivity index (χ4v) is 2.28. The van der Waals surface area contributed by atoms with Crippen molar-refractivity contribution in [2.24, 2.45) is 5.92 Å². The van der Waals surface area contributed by atoms with Gasteiger partial charge in [-0.2, -0.15) is 0 Å². The normalized spacial score (nSPS) is 17.2. The minimum atomic E-state index is 0.112. The largest absolute Gasteiger partial charge is 0.340 e. The molecule has 1 aromatic rings. The molecule has 0 saturated carbocycles. The molecule has 0 aliphatic carbocycles. The Morgan fingerprint density at radius 3 is 2.39 bits per heavy atom. The number of nitrogens with zero attached hydrogens (tertiary/aromatic N) is 2. The second-order valence-corrected chi connectivity index (χ2v) is 5.16. The van der Waals surface area contributed by atoms with Gasteiger partial charge < -0.3 is 4.90 Å². The summed E-state index contributed by atoms with van der Waals surface area (Å²) in [6, 6.07) is 11.1. The van der Waals surface area contributed by atoms with Crippen molar-refractivity contribution < 1.29 is 4.79 Å². The Labute approximate surface area is 109 Å². The number of hydrogen-bond donors (Lipinski definition) is 0. The molecule has 1 radical (unpaired) electrons. The van der Waals surface area contributed by atoms with E-state index in [2.05, 4.69) is 23.1 Å². The van der Waals surface area contributed by atoms with E-state index >= 15 is 0 Å². The van der Waals surface area contributed by atoms with E-state index in [0.717, 1.165) is 32.7 Å². The molecule has 1 saturated heterocycles. The van der Waals surface area contributed by atoms with Gasteiger partial charge in [-0.15, -0.1) is 0 Å². The third-order valence-electron chi connectivity index (χ3n) is 3.37. The Bertz CT molecular complexity index is 381. The molecule has 0 N–H and O–H groups in total. The number of carbonyl (C=O) groups is 1. The second-order valence-electron chi connectivity index (χ2n) is 5.16. The highest BCUT2D eigenvalue weighted by atomic mass is 16.2. The lowest BCUT2D eigenvalue weighted by atomic mass is 10.1. The Balaban J connectivity index is 1.82. The van der Waals surface area contributed by atoms with E-state index in [4.69, 9.17) is 0 Å². The van der Waals surface area contributed by atoms with Crippen LogP contribution in [0.2, 0.25) is 0 Å². The maximum atomic E-state index is 11.9. The lowest BCUT2D eigenvalue weighted by Gasteiger charge is -2.35. The first-order chi connectivity index (χ1) is 8.66. The van der Waals surface area contributed by atoms with Gasteiger partial charge in [0.25, 0.3) is 0 Å². The lowest BCUT2D eigenvalue weighted by Crippen LogP contribution is -2.49. The van der Waals surface area contributed by atoms with Crippen LogP contribution in [0.5, 0.6) is 0 Å². The monoisotopic (exact) mass is 245 g/mol. The van der Waals surface area contributed by atoms with Gasteiger partial charge in [-0.05, 0) is 11.6 Å². The van der Waals surface area contributed by atoms with Crippen molar-refractivity contribution in [3.8, 4) is 0 Å². The molecule has 3 nitrogen and oxygen atoms in total. The number of hydrogen-bond acceptors (Lipinski definition) is 2. The fraction of sp³-hybridized carbons (Fsp3) is 0.533. The van der Waals surface area contributed by atoms with Crippen LogP contribution >= 0.6 is 0 Å². The van der Waals surface area contributed by atoms with Crippen LogP contribution < -0.4 is 0 Å². The quantitative estimate of drug-likeness (QED) is 0.810. The summed E-state index contributed by atoms with van der Waals surface area (Å²) in [5, 5.41) is 0. The minimum absolute atomic E-state index is 0.112. The lowest BCUT2D eigenvalue weighted by molar-refractivity contribution is -0.136. The molecule has 2 rings (SSSR count). The number of piperazine rings is 1. The third kappa shape index (κ3) is 3.33. The molecule has 1 heterocycles. The zero-order chi connectivity index (χ0) is 13.0. The van der Waals surface area contributed by atoms with Crippen molar-refractivity contribution >= 4 is 5.91 Å². The molecule has 97 valence electrons. The van der Waals surface area contributed by atoms with Crippen LogP contribution in [0.3, 0.4) is 0 Å². The summed E-state index contributed by atoms with van der Waals surface area (Å²) in [7, 11) is 0. The molecular formula is C15H21N2O. The summed E-state index contributed by atoms with van der Waals surface area (Å²) in [6.07, 6.45) is 0. The maximum Gasteiger partial charge on any atom is 0.225 e. The Kier molecular flexibility index (Phi) is 4.37. The van der Waals surface area contributed by atoms with Crippen molar-refractivity contribution in [1.82, 2.24) is 9.80 Å². The van der Waals surface area contributed by atoms with E-state index < -0.39 is 0 Å². The molecule has 1 aliphatic rings. The van der Waals surface area contributed by atoms with Crippen molar-refractivity contribution in [3.05, 3.63) is 35.9 Å². The standard InChI is InChI=1S/C15H21N2O/c1-13(2)15(18)17-10-8-16(9-11-17)12-14-6-4-3-5-7-14/h4-7,13H,8-12H2,1-2H3. The van der Waals surface area contributed by atoms with Gasteiger partial charge in [0, 0.05) is 38.6 Å². The molecule has 18 heavy (non-hydrogen) atoms. The number of amides is 1. The van der Waals surface area contributed by atoms with Crippen molar-refractivity contribution in [3.63, 3.8) is 0 Å². The number of benzene rings is 1. The van der Waals surface area contributed by atoms with Gasteiger partial charge in [-0.1, -0.05) is 38.1 Å². The number of carbonyl (C=O) groups excluding carboxylic acids is 1. The smallest absolute Gasteiger partial charge is 0.225 e. The molecule has 1 aliphatic heterocycles. The van der Waals surface area contributed by atoms with Gasteiger partial charge >= 0.3 is 0 Å². The predicted molar refractivity (Wildman–Crippen MR) is 72.0 cm³/mol. The SMILES string of the molecule is CC(C)C(=O)N1CCN(Cc2cc[c]cc2)CC1. The molecule has 0 bridgehead atoms. The highest BCUT2D eigenvalue weighted by molar-refractivity contribution is 5.78. The first-order valence-corrected chi connectivity index (χ1v) is 6.63. The second kappa shape index (κ2) is 6.01. The Morgan fingerprint density at radius 1 is 1.22 bits per heavy atom. The Hall–Kier alpha value is -1.35. The highest BCUT2D eigenvalue weighted by Gasteiger charge is 2.22. The predicted octanol–water partition coefficient (Wildman–Crippen LogP) is 1.79. The van der Waals surface area contributed by atoms with Crippen LogP contribution in [-0.2, 0) is 11.3 Å². The minimum Gasteiger partial charge on any atom is -0.340 e. The van der Waals surface area contributed by atoms with Crippen LogP contribution in [0.1, 0.15) is 19.4 Å². The first-order valence-electron chi connectivity index (χ1n) is 6.63. The van der Waals surface area contributed by atoms with E-state index in [0.29, 0.717) is 0 Å². The van der Waals surface area contributed by atoms with E-state index in [1.165, 1.54) is 5.56 Å². The van der Waals surface area contributed by atoms with Gasteiger partial charge in [0.05, 0.1) is 0 Å². The molecule has 0 atom stereocenters. The van der Waals surface area contributed by atoms with Crippen molar-refractivity contribution in [2.75, 3.05) is 26.2 Å². The van der Waals surface area contributed by atoms with Crippen LogP contribution in [0.25, 0.3) is 0 Å². The number of rotatable bonds is 3. The molecule has 3 heteroatoms. The molecule has 1 amide bonds. The average molecular weight is 245 g/mol. The van der Waals surface area contributed by atoms with E-state index in [1.807, 2.05) is 30.9 Å². The summed E-state index contributed by atoms with van der Waals surface area (Å²) in [4.78, 5) is 16.3. The van der Waals surface area contributed by atoms with Crippen LogP contribution in [0.15, 0.2) is 24.3 Å². The van der Waals surface area contributed by atoms with Gasteiger partial charge in [0.15, 0.2) is 0 Å². The van der Waals surface area contributed by atoms with Crippen molar-refractivity contribution in [1.29, 1.82) is 0 Å². The average Bonchev–Trinajstić information content (AvgIpc) is 2.40. The molecule has 0 spiro atoms.